The summed E-state index contributed by atoms with van der Waals surface area (Å²) in [7, 11) is 0. The Labute approximate surface area is 115 Å². The average molecular weight is 267 g/mol. The van der Waals surface area contributed by atoms with Crippen LogP contribution in [-0.2, 0) is 0 Å². The van der Waals surface area contributed by atoms with Gasteiger partial charge >= 0.3 is 0 Å². The summed E-state index contributed by atoms with van der Waals surface area (Å²) in [4.78, 5) is 19.3. The number of phenols is 1. The lowest BCUT2D eigenvalue weighted by molar-refractivity contribution is 0.102. The van der Waals surface area contributed by atoms with E-state index in [0.29, 0.717) is 11.3 Å². The summed E-state index contributed by atoms with van der Waals surface area (Å²) in [5.41, 5.74) is 1.71. The fourth-order valence-corrected chi connectivity index (χ4v) is 2.02. The lowest BCUT2D eigenvalue weighted by atomic mass is 10.2. The molecule has 0 fully saturated rings. The van der Waals surface area contributed by atoms with Gasteiger partial charge < -0.3 is 15.4 Å². The molecule has 0 aliphatic heterocycles. The highest BCUT2D eigenvalue weighted by atomic mass is 16.3. The van der Waals surface area contributed by atoms with Crippen molar-refractivity contribution in [1.29, 1.82) is 0 Å². The average Bonchev–Trinajstić information content (AvgIpc) is 2.84. The smallest absolute Gasteiger partial charge is 0.275 e. The van der Waals surface area contributed by atoms with Gasteiger partial charge in [0, 0.05) is 11.6 Å². The van der Waals surface area contributed by atoms with Gasteiger partial charge in [-0.2, -0.15) is 0 Å². The van der Waals surface area contributed by atoms with E-state index in [9.17, 15) is 9.90 Å². The number of aromatic amines is 1. The van der Waals surface area contributed by atoms with Crippen molar-refractivity contribution in [3.05, 3.63) is 53.9 Å². The van der Waals surface area contributed by atoms with Gasteiger partial charge in [0.2, 0.25) is 0 Å². The highest BCUT2D eigenvalue weighted by Gasteiger charge is 2.10. The van der Waals surface area contributed by atoms with Crippen molar-refractivity contribution in [2.75, 3.05) is 5.32 Å². The zero-order valence-electron chi connectivity index (χ0n) is 10.8. The molecule has 2 aromatic heterocycles. The van der Waals surface area contributed by atoms with Crippen molar-refractivity contribution in [2.24, 2.45) is 0 Å². The number of nitrogens with one attached hydrogen (secondary N) is 2. The Kier molecular flexibility index (Phi) is 2.87. The number of hydrogen-bond acceptors (Lipinski definition) is 3. The summed E-state index contributed by atoms with van der Waals surface area (Å²) in [6.07, 6.45) is 1.80. The molecule has 0 aliphatic rings. The molecule has 0 saturated carbocycles. The monoisotopic (exact) mass is 267 g/mol. The number of hydrogen-bond donors (Lipinski definition) is 3. The number of rotatable bonds is 2. The number of carbonyl (C=O) groups is 1. The standard InChI is InChI=1S/C15H13N3O2/c1-9-7-13(16-8-9)18-15(20)11-6-5-10-3-2-4-12(19)14(10)17-11/h2-8,16,19H,1H3,(H,18,20). The minimum absolute atomic E-state index is 0.0628. The molecule has 3 N–H and O–H groups in total. The molecule has 5 heteroatoms. The van der Waals surface area contributed by atoms with Crippen LogP contribution in [0.5, 0.6) is 5.75 Å². The van der Waals surface area contributed by atoms with Gasteiger partial charge in [-0.25, -0.2) is 4.98 Å². The van der Waals surface area contributed by atoms with Crippen LogP contribution in [0, 0.1) is 6.92 Å². The number of aryl methyl sites for hydroxylation is 1. The van der Waals surface area contributed by atoms with Crippen molar-refractivity contribution in [2.45, 2.75) is 6.92 Å². The minimum atomic E-state index is -0.322. The number of anilines is 1. The molecule has 5 nitrogen and oxygen atoms in total. The van der Waals surface area contributed by atoms with E-state index in [1.807, 2.05) is 19.1 Å². The highest BCUT2D eigenvalue weighted by molar-refractivity contribution is 6.04. The summed E-state index contributed by atoms with van der Waals surface area (Å²) < 4.78 is 0. The number of pyridine rings is 1. The summed E-state index contributed by atoms with van der Waals surface area (Å²) in [6.45, 7) is 1.93. The lowest BCUT2D eigenvalue weighted by Gasteiger charge is -2.05. The second-order valence-corrected chi connectivity index (χ2v) is 4.59. The predicted molar refractivity (Wildman–Crippen MR) is 76.9 cm³/mol. The van der Waals surface area contributed by atoms with Crippen LogP contribution in [-0.4, -0.2) is 21.0 Å². The van der Waals surface area contributed by atoms with Crippen LogP contribution in [0.25, 0.3) is 10.9 Å². The van der Waals surface area contributed by atoms with E-state index in [-0.39, 0.29) is 17.4 Å². The van der Waals surface area contributed by atoms with Gasteiger partial charge in [0.15, 0.2) is 0 Å². The molecular weight excluding hydrogens is 254 g/mol. The maximum atomic E-state index is 12.1. The zero-order chi connectivity index (χ0) is 14.1. The second-order valence-electron chi connectivity index (χ2n) is 4.59. The topological polar surface area (TPSA) is 78.0 Å². The number of nitrogens with zero attached hydrogens (tertiary/aromatic N) is 1. The molecule has 1 amide bonds. The van der Waals surface area contributed by atoms with Gasteiger partial charge in [0.05, 0.1) is 0 Å². The molecule has 1 aromatic carbocycles. The number of phenolic OH excluding ortho intramolecular Hbond substituents is 1. The largest absolute Gasteiger partial charge is 0.506 e. The normalized spacial score (nSPS) is 10.7. The van der Waals surface area contributed by atoms with E-state index in [1.165, 1.54) is 0 Å². The molecule has 0 atom stereocenters. The minimum Gasteiger partial charge on any atom is -0.506 e. The van der Waals surface area contributed by atoms with Gasteiger partial charge in [-0.05, 0) is 30.7 Å². The third-order valence-corrected chi connectivity index (χ3v) is 3.01. The van der Waals surface area contributed by atoms with Gasteiger partial charge in [0.25, 0.3) is 5.91 Å². The van der Waals surface area contributed by atoms with Crippen molar-refractivity contribution < 1.29 is 9.90 Å². The molecule has 0 saturated heterocycles. The van der Waals surface area contributed by atoms with E-state index in [1.54, 1.807) is 30.5 Å². The van der Waals surface area contributed by atoms with Gasteiger partial charge in [-0.3, -0.25) is 4.79 Å². The number of aromatic nitrogens is 2. The SMILES string of the molecule is Cc1c[nH]c(NC(=O)c2ccc3cccc(O)c3n2)c1. The Morgan fingerprint density at radius 1 is 1.30 bits per heavy atom. The molecule has 20 heavy (non-hydrogen) atoms. The number of fused-ring (bicyclic) bond motifs is 1. The van der Waals surface area contributed by atoms with Crippen LogP contribution >= 0.6 is 0 Å². The first-order valence-electron chi connectivity index (χ1n) is 6.18. The predicted octanol–water partition coefficient (Wildman–Crippen LogP) is 2.83. The van der Waals surface area contributed by atoms with Gasteiger partial charge in [-0.15, -0.1) is 0 Å². The molecule has 0 radical (unpaired) electrons. The Bertz CT molecular complexity index is 793. The fraction of sp³-hybridized carbons (Fsp3) is 0.0667. The van der Waals surface area contributed by atoms with E-state index in [0.717, 1.165) is 10.9 Å². The number of amides is 1. The zero-order valence-corrected chi connectivity index (χ0v) is 10.8. The van der Waals surface area contributed by atoms with Crippen molar-refractivity contribution in [3.63, 3.8) is 0 Å². The molecule has 3 rings (SSSR count). The van der Waals surface area contributed by atoms with Crippen LogP contribution in [0.3, 0.4) is 0 Å². The number of H-pyrrole nitrogens is 1. The summed E-state index contributed by atoms with van der Waals surface area (Å²) in [5.74, 6) is 0.358. The quantitative estimate of drug-likeness (QED) is 0.668. The van der Waals surface area contributed by atoms with E-state index < -0.39 is 0 Å². The maximum Gasteiger partial charge on any atom is 0.275 e. The van der Waals surface area contributed by atoms with Crippen molar-refractivity contribution in [3.8, 4) is 5.75 Å². The molecule has 0 bridgehead atoms. The molecular formula is C15H13N3O2. The molecule has 2 heterocycles. The number of benzene rings is 1. The summed E-state index contributed by atoms with van der Waals surface area (Å²) in [5, 5.41) is 13.3. The van der Waals surface area contributed by atoms with Crippen molar-refractivity contribution in [1.82, 2.24) is 9.97 Å². The van der Waals surface area contributed by atoms with Crippen LogP contribution in [0.1, 0.15) is 16.1 Å². The Morgan fingerprint density at radius 2 is 2.15 bits per heavy atom. The van der Waals surface area contributed by atoms with Crippen LogP contribution in [0.2, 0.25) is 0 Å². The van der Waals surface area contributed by atoms with E-state index >= 15 is 0 Å². The van der Waals surface area contributed by atoms with E-state index in [2.05, 4.69) is 15.3 Å². The Hall–Kier alpha value is -2.82. The fourth-order valence-electron chi connectivity index (χ4n) is 2.02. The summed E-state index contributed by atoms with van der Waals surface area (Å²) in [6, 6.07) is 10.3. The molecule has 0 aliphatic carbocycles. The Morgan fingerprint density at radius 3 is 2.90 bits per heavy atom. The van der Waals surface area contributed by atoms with Crippen LogP contribution in [0.15, 0.2) is 42.6 Å². The molecule has 3 aromatic rings. The summed E-state index contributed by atoms with van der Waals surface area (Å²) >= 11 is 0. The first-order valence-corrected chi connectivity index (χ1v) is 6.18. The lowest BCUT2D eigenvalue weighted by Crippen LogP contribution is -2.13. The number of para-hydroxylation sites is 1. The first kappa shape index (κ1) is 12.2. The molecule has 0 unspecified atom stereocenters. The maximum absolute atomic E-state index is 12.1. The number of carbonyl (C=O) groups excluding carboxylic acids is 1. The van der Waals surface area contributed by atoms with Crippen LogP contribution in [0.4, 0.5) is 5.82 Å². The molecule has 0 spiro atoms. The molecule has 100 valence electrons. The van der Waals surface area contributed by atoms with Crippen molar-refractivity contribution >= 4 is 22.6 Å². The second kappa shape index (κ2) is 4.70. The third kappa shape index (κ3) is 2.21. The third-order valence-electron chi connectivity index (χ3n) is 3.01. The highest BCUT2D eigenvalue weighted by Crippen LogP contribution is 2.22. The van der Waals surface area contributed by atoms with Crippen LogP contribution < -0.4 is 5.32 Å². The van der Waals surface area contributed by atoms with Gasteiger partial charge in [0.1, 0.15) is 22.8 Å². The first-order chi connectivity index (χ1) is 9.63. The van der Waals surface area contributed by atoms with Gasteiger partial charge in [-0.1, -0.05) is 18.2 Å². The number of aromatic hydroxyl groups is 1. The van der Waals surface area contributed by atoms with E-state index in [4.69, 9.17) is 0 Å². The Balaban J connectivity index is 1.93.